The SMILES string of the molecule is CC(C)(C)OC(=O)[C@H](O)[C@@H](OC1CCC(C(=O)O)CC1)N1CCCC1. The Labute approximate surface area is 149 Å². The third-order valence-corrected chi connectivity index (χ3v) is 4.77. The van der Waals surface area contributed by atoms with Crippen LogP contribution in [0.3, 0.4) is 0 Å². The second-order valence-corrected chi connectivity index (χ2v) is 8.06. The van der Waals surface area contributed by atoms with Crippen molar-refractivity contribution >= 4 is 11.9 Å². The van der Waals surface area contributed by atoms with Gasteiger partial charge >= 0.3 is 11.9 Å². The van der Waals surface area contributed by atoms with E-state index in [1.807, 2.05) is 4.90 Å². The number of aliphatic hydroxyl groups excluding tert-OH is 1. The van der Waals surface area contributed by atoms with Crippen LogP contribution in [0, 0.1) is 5.92 Å². The van der Waals surface area contributed by atoms with Crippen LogP contribution in [-0.2, 0) is 19.1 Å². The van der Waals surface area contributed by atoms with E-state index in [1.54, 1.807) is 20.8 Å². The molecule has 0 bridgehead atoms. The predicted molar refractivity (Wildman–Crippen MR) is 90.9 cm³/mol. The topological polar surface area (TPSA) is 96.3 Å². The molecule has 1 saturated carbocycles. The molecule has 1 heterocycles. The van der Waals surface area contributed by atoms with Gasteiger partial charge in [0.1, 0.15) is 11.8 Å². The van der Waals surface area contributed by atoms with Crippen molar-refractivity contribution in [1.29, 1.82) is 0 Å². The molecular weight excluding hydrogens is 326 g/mol. The quantitative estimate of drug-likeness (QED) is 0.699. The lowest BCUT2D eigenvalue weighted by molar-refractivity contribution is -0.194. The first-order valence-corrected chi connectivity index (χ1v) is 9.20. The monoisotopic (exact) mass is 357 g/mol. The van der Waals surface area contributed by atoms with Gasteiger partial charge in [0.15, 0.2) is 6.10 Å². The Morgan fingerprint density at radius 2 is 1.64 bits per heavy atom. The second kappa shape index (κ2) is 8.47. The maximum absolute atomic E-state index is 12.3. The fraction of sp³-hybridized carbons (Fsp3) is 0.889. The summed E-state index contributed by atoms with van der Waals surface area (Å²) in [6.07, 6.45) is 2.16. The van der Waals surface area contributed by atoms with Crippen LogP contribution >= 0.6 is 0 Å². The molecule has 0 aromatic rings. The number of esters is 1. The lowest BCUT2D eigenvalue weighted by atomic mass is 9.87. The van der Waals surface area contributed by atoms with Crippen LogP contribution in [0.4, 0.5) is 0 Å². The van der Waals surface area contributed by atoms with E-state index in [-0.39, 0.29) is 12.0 Å². The van der Waals surface area contributed by atoms with Crippen molar-refractivity contribution in [3.8, 4) is 0 Å². The molecule has 1 saturated heterocycles. The van der Waals surface area contributed by atoms with Gasteiger partial charge in [0.05, 0.1) is 12.0 Å². The molecule has 25 heavy (non-hydrogen) atoms. The van der Waals surface area contributed by atoms with E-state index < -0.39 is 29.9 Å². The van der Waals surface area contributed by atoms with Gasteiger partial charge in [-0.3, -0.25) is 9.69 Å². The van der Waals surface area contributed by atoms with E-state index in [0.29, 0.717) is 25.7 Å². The lowest BCUT2D eigenvalue weighted by Crippen LogP contribution is -2.51. The van der Waals surface area contributed by atoms with Crippen LogP contribution in [0.25, 0.3) is 0 Å². The number of carbonyl (C=O) groups excluding carboxylic acids is 1. The number of hydrogen-bond donors (Lipinski definition) is 2. The Morgan fingerprint density at radius 3 is 2.12 bits per heavy atom. The fourth-order valence-electron chi connectivity index (χ4n) is 3.48. The van der Waals surface area contributed by atoms with Gasteiger partial charge in [-0.2, -0.15) is 0 Å². The lowest BCUT2D eigenvalue weighted by Gasteiger charge is -2.36. The number of rotatable bonds is 6. The summed E-state index contributed by atoms with van der Waals surface area (Å²) in [4.78, 5) is 25.3. The average molecular weight is 357 g/mol. The van der Waals surface area contributed by atoms with E-state index in [0.717, 1.165) is 25.9 Å². The van der Waals surface area contributed by atoms with Gasteiger partial charge in [0.25, 0.3) is 0 Å². The predicted octanol–water partition coefficient (Wildman–Crippen LogP) is 1.77. The van der Waals surface area contributed by atoms with Crippen LogP contribution in [0.15, 0.2) is 0 Å². The number of nitrogens with zero attached hydrogens (tertiary/aromatic N) is 1. The van der Waals surface area contributed by atoms with Crippen LogP contribution in [0.5, 0.6) is 0 Å². The molecule has 2 aliphatic rings. The summed E-state index contributed by atoms with van der Waals surface area (Å²) >= 11 is 0. The van der Waals surface area contributed by atoms with E-state index in [9.17, 15) is 14.7 Å². The van der Waals surface area contributed by atoms with Gasteiger partial charge in [-0.25, -0.2) is 4.79 Å². The van der Waals surface area contributed by atoms with Gasteiger partial charge < -0.3 is 19.7 Å². The Kier molecular flexibility index (Phi) is 6.82. The molecule has 1 aliphatic heterocycles. The number of aliphatic hydroxyl groups is 1. The summed E-state index contributed by atoms with van der Waals surface area (Å²) in [7, 11) is 0. The largest absolute Gasteiger partial charge is 0.481 e. The smallest absolute Gasteiger partial charge is 0.339 e. The zero-order valence-electron chi connectivity index (χ0n) is 15.4. The maximum Gasteiger partial charge on any atom is 0.339 e. The van der Waals surface area contributed by atoms with Gasteiger partial charge in [0, 0.05) is 13.1 Å². The van der Waals surface area contributed by atoms with Crippen molar-refractivity contribution in [2.45, 2.75) is 83.3 Å². The van der Waals surface area contributed by atoms with Crippen LogP contribution in [-0.4, -0.2) is 64.2 Å². The molecule has 0 aromatic carbocycles. The van der Waals surface area contributed by atoms with E-state index in [4.69, 9.17) is 14.6 Å². The highest BCUT2D eigenvalue weighted by Gasteiger charge is 2.39. The van der Waals surface area contributed by atoms with Gasteiger partial charge in [0.2, 0.25) is 0 Å². The standard InChI is InChI=1S/C18H31NO6/c1-18(2,3)25-17(23)14(20)15(19-10-4-5-11-19)24-13-8-6-12(7-9-13)16(21)22/h12-15,20H,4-11H2,1-3H3,(H,21,22)/t12?,13?,14-,15-/m1/s1. The molecule has 0 amide bonds. The van der Waals surface area contributed by atoms with Gasteiger partial charge in [-0.15, -0.1) is 0 Å². The highest BCUT2D eigenvalue weighted by molar-refractivity contribution is 5.75. The van der Waals surface area contributed by atoms with E-state index >= 15 is 0 Å². The molecule has 7 nitrogen and oxygen atoms in total. The van der Waals surface area contributed by atoms with Crippen molar-refractivity contribution in [1.82, 2.24) is 4.90 Å². The van der Waals surface area contributed by atoms with Crippen molar-refractivity contribution in [3.05, 3.63) is 0 Å². The summed E-state index contributed by atoms with van der Waals surface area (Å²) in [6, 6.07) is 0. The molecule has 2 atom stereocenters. The maximum atomic E-state index is 12.3. The number of carboxylic acids is 1. The first kappa shape index (κ1) is 20.1. The van der Waals surface area contributed by atoms with Crippen molar-refractivity contribution in [3.63, 3.8) is 0 Å². The van der Waals surface area contributed by atoms with Gasteiger partial charge in [-0.1, -0.05) is 0 Å². The van der Waals surface area contributed by atoms with Crippen LogP contribution in [0.2, 0.25) is 0 Å². The Hall–Kier alpha value is -1.18. The molecule has 7 heteroatoms. The average Bonchev–Trinajstić information content (AvgIpc) is 3.04. The number of hydrogen-bond acceptors (Lipinski definition) is 6. The highest BCUT2D eigenvalue weighted by Crippen LogP contribution is 2.29. The molecule has 2 N–H and O–H groups in total. The first-order valence-electron chi connectivity index (χ1n) is 9.20. The Balaban J connectivity index is 1.99. The molecule has 0 unspecified atom stereocenters. The summed E-state index contributed by atoms with van der Waals surface area (Å²) < 4.78 is 11.4. The van der Waals surface area contributed by atoms with Crippen molar-refractivity contribution < 1.29 is 29.3 Å². The molecule has 0 aromatic heterocycles. The van der Waals surface area contributed by atoms with Crippen molar-refractivity contribution in [2.24, 2.45) is 5.92 Å². The number of carboxylic acid groups (broad SMARTS) is 1. The zero-order valence-corrected chi connectivity index (χ0v) is 15.4. The summed E-state index contributed by atoms with van der Waals surface area (Å²) in [5, 5.41) is 19.6. The van der Waals surface area contributed by atoms with E-state index in [1.165, 1.54) is 0 Å². The number of carbonyl (C=O) groups is 2. The summed E-state index contributed by atoms with van der Waals surface area (Å²) in [5.74, 6) is -1.76. The molecule has 2 fully saturated rings. The molecule has 144 valence electrons. The Bertz CT molecular complexity index is 461. The van der Waals surface area contributed by atoms with Gasteiger partial charge in [-0.05, 0) is 59.3 Å². The molecule has 0 radical (unpaired) electrons. The fourth-order valence-corrected chi connectivity index (χ4v) is 3.48. The zero-order chi connectivity index (χ0) is 18.6. The van der Waals surface area contributed by atoms with Crippen LogP contribution in [0.1, 0.15) is 59.3 Å². The summed E-state index contributed by atoms with van der Waals surface area (Å²) in [6.45, 7) is 6.83. The number of ether oxygens (including phenoxy) is 2. The van der Waals surface area contributed by atoms with E-state index in [2.05, 4.69) is 0 Å². The Morgan fingerprint density at radius 1 is 1.08 bits per heavy atom. The third-order valence-electron chi connectivity index (χ3n) is 4.77. The van der Waals surface area contributed by atoms with Crippen molar-refractivity contribution in [2.75, 3.05) is 13.1 Å². The molecule has 2 rings (SSSR count). The minimum Gasteiger partial charge on any atom is -0.481 e. The summed E-state index contributed by atoms with van der Waals surface area (Å²) in [5.41, 5.74) is -0.673. The minimum atomic E-state index is -1.37. The first-order chi connectivity index (χ1) is 11.7. The molecule has 1 aliphatic carbocycles. The highest BCUT2D eigenvalue weighted by atomic mass is 16.6. The minimum absolute atomic E-state index is 0.140. The van der Waals surface area contributed by atoms with Crippen LogP contribution < -0.4 is 0 Å². The molecule has 0 spiro atoms. The third kappa shape index (κ3) is 5.94. The number of aliphatic carboxylic acids is 1. The molecular formula is C18H31NO6. The second-order valence-electron chi connectivity index (χ2n) is 8.06. The number of likely N-dealkylation sites (tertiary alicyclic amines) is 1. The normalized spacial score (nSPS) is 27.7.